The van der Waals surface area contributed by atoms with Crippen LogP contribution in [0, 0.1) is 0 Å². The summed E-state index contributed by atoms with van der Waals surface area (Å²) in [5.41, 5.74) is 3.56. The largest absolute Gasteiger partial charge is 1.00 e. The molecule has 0 atom stereocenters. The van der Waals surface area contributed by atoms with E-state index in [1.54, 1.807) is 0 Å². The Labute approximate surface area is 152 Å². The molecule has 2 aliphatic rings. The van der Waals surface area contributed by atoms with Gasteiger partial charge in [-0.1, -0.05) is 24.3 Å². The average molecular weight is 367 g/mol. The normalized spacial score (nSPS) is 15.3. The number of rotatable bonds is 2. The molecule has 0 fully saturated rings. The van der Waals surface area contributed by atoms with Gasteiger partial charge in [-0.25, -0.2) is 4.58 Å². The van der Waals surface area contributed by atoms with Crippen LogP contribution in [0.25, 0.3) is 0 Å². The Kier molecular flexibility index (Phi) is 10.7. The van der Waals surface area contributed by atoms with Gasteiger partial charge in [-0.3, -0.25) is 12.9 Å². The van der Waals surface area contributed by atoms with E-state index in [0.717, 1.165) is 17.1 Å². The Morgan fingerprint density at radius 1 is 0.846 bits per heavy atom. The first-order valence-corrected chi connectivity index (χ1v) is 7.73. The van der Waals surface area contributed by atoms with Gasteiger partial charge in [-0.2, -0.15) is 0 Å². The fourth-order valence-electron chi connectivity index (χ4n) is 2.14. The van der Waals surface area contributed by atoms with Gasteiger partial charge >= 0.3 is 7.54 Å². The predicted molar refractivity (Wildman–Crippen MR) is 98.4 cm³/mol. The predicted octanol–water partition coefficient (Wildman–Crippen LogP) is 1.96. The molecular formula is C19H22BF4NO. The van der Waals surface area contributed by atoms with Crippen molar-refractivity contribution in [1.29, 1.82) is 0 Å². The summed E-state index contributed by atoms with van der Waals surface area (Å²) in [7, 11) is 0.424. The van der Waals surface area contributed by atoms with E-state index in [2.05, 4.69) is 47.1 Å². The summed E-state index contributed by atoms with van der Waals surface area (Å²) >= 11 is 0. The van der Waals surface area contributed by atoms with Crippen molar-refractivity contribution in [3.05, 3.63) is 83.4 Å². The highest BCUT2D eigenvalue weighted by molar-refractivity contribution is 6.33. The van der Waals surface area contributed by atoms with Crippen molar-refractivity contribution in [2.24, 2.45) is 0 Å². The molecular weight excluding hydrogens is 345 g/mol. The van der Waals surface area contributed by atoms with Gasteiger partial charge in [0, 0.05) is 12.2 Å². The Morgan fingerprint density at radius 2 is 1.27 bits per heavy atom. The van der Waals surface area contributed by atoms with E-state index in [-0.39, 0.29) is 4.70 Å². The van der Waals surface area contributed by atoms with Crippen LogP contribution in [0.15, 0.2) is 83.4 Å². The monoisotopic (exact) mass is 367 g/mol. The molecule has 0 aromatic rings. The Morgan fingerprint density at radius 3 is 1.69 bits per heavy atom. The van der Waals surface area contributed by atoms with E-state index in [1.807, 2.05) is 46.2 Å². The molecule has 0 saturated carbocycles. The number of halogens is 4. The molecule has 0 unspecified atom stereocenters. The van der Waals surface area contributed by atoms with Gasteiger partial charge in [0.2, 0.25) is 0 Å². The zero-order chi connectivity index (χ0) is 18.8. The fourth-order valence-corrected chi connectivity index (χ4v) is 2.14. The lowest BCUT2D eigenvalue weighted by Gasteiger charge is -2.11. The van der Waals surface area contributed by atoms with Crippen LogP contribution >= 0.6 is 0 Å². The molecule has 0 N–H and O–H groups in total. The van der Waals surface area contributed by atoms with Crippen molar-refractivity contribution in [1.82, 2.24) is 0 Å². The second-order valence-electron chi connectivity index (χ2n) is 5.56. The second kappa shape index (κ2) is 11.9. The van der Waals surface area contributed by atoms with Crippen LogP contribution in [0.3, 0.4) is 0 Å². The second-order valence-corrected chi connectivity index (χ2v) is 5.56. The molecule has 0 saturated heterocycles. The van der Waals surface area contributed by atoms with Gasteiger partial charge in [0.05, 0.1) is 0 Å². The summed E-state index contributed by atoms with van der Waals surface area (Å²) in [5.74, 6) is 1.86. The molecule has 2 rings (SSSR count). The van der Waals surface area contributed by atoms with E-state index in [1.165, 1.54) is 11.3 Å². The van der Waals surface area contributed by atoms with E-state index in [9.17, 15) is 12.9 Å². The van der Waals surface area contributed by atoms with Crippen LogP contribution in [-0.4, -0.2) is 31.9 Å². The zero-order valence-corrected chi connectivity index (χ0v) is 15.2. The minimum atomic E-state index is -3.67. The van der Waals surface area contributed by atoms with Crippen LogP contribution in [0.4, 0.5) is 12.9 Å². The maximum Gasteiger partial charge on any atom is 0.762 e. The van der Waals surface area contributed by atoms with Crippen molar-refractivity contribution in [3.8, 4) is 0 Å². The molecule has 26 heavy (non-hydrogen) atoms. The number of allylic oxidation sites excluding steroid dienone is 14. The molecule has 2 nitrogen and oxygen atoms in total. The van der Waals surface area contributed by atoms with Crippen molar-refractivity contribution in [2.75, 3.05) is 14.1 Å². The Hall–Kier alpha value is -2.57. The first-order chi connectivity index (χ1) is 11.8. The first kappa shape index (κ1) is 23.4. The zero-order valence-electron chi connectivity index (χ0n) is 15.2. The molecule has 0 amide bonds. The summed E-state index contributed by atoms with van der Waals surface area (Å²) < 4.78 is 36.6. The molecule has 1 aliphatic carbocycles. The number of hydrogen-bond acceptors (Lipinski definition) is 1. The van der Waals surface area contributed by atoms with Gasteiger partial charge in [-0.05, 0) is 49.3 Å². The first-order valence-electron chi connectivity index (χ1n) is 7.73. The lowest BCUT2D eigenvalue weighted by atomic mass is 10.1. The third-order valence-corrected chi connectivity index (χ3v) is 3.16. The third kappa shape index (κ3) is 9.66. The van der Waals surface area contributed by atoms with Crippen LogP contribution in [0.1, 0.15) is 13.8 Å². The van der Waals surface area contributed by atoms with E-state index in [4.69, 9.17) is 4.74 Å². The summed E-state index contributed by atoms with van der Waals surface area (Å²) in [5, 5.41) is 0. The smallest absolute Gasteiger partial charge is 0.762 e. The Balaban J connectivity index is 0.00000113. The molecule has 0 radical (unpaired) electrons. The fraction of sp³-hybridized carbons (Fsp3) is 0.211. The van der Waals surface area contributed by atoms with Gasteiger partial charge in [0.15, 0.2) is 5.71 Å². The van der Waals surface area contributed by atoms with E-state index < -0.39 is 7.54 Å². The molecule has 1 heterocycles. The summed E-state index contributed by atoms with van der Waals surface area (Å²) in [6.45, 7) is 3.93. The van der Waals surface area contributed by atoms with E-state index in [0.29, 0.717) is 0 Å². The summed E-state index contributed by atoms with van der Waals surface area (Å²) in [6, 6.07) is 0. The highest BCUT2D eigenvalue weighted by Gasteiger charge is 2.06. The number of ether oxygens (including phenoxy) is 1. The van der Waals surface area contributed by atoms with Crippen molar-refractivity contribution >= 4 is 13.3 Å². The standard InChI is InChI=1S/C19H22NO.BF3.FH/c1-15-13-18(14-16(2)21-15)8-6-5-7-17-9-11-19(12-10-17)20(3)4;2-1(3)4;/h5-14H,1-4H3;;1H/q+1;;/p-1. The topological polar surface area (TPSA) is 12.2 Å². The highest BCUT2D eigenvalue weighted by atomic mass is 19.4. The van der Waals surface area contributed by atoms with Crippen LogP contribution in [-0.2, 0) is 4.74 Å². The molecule has 0 bridgehead atoms. The molecule has 140 valence electrons. The molecule has 0 aromatic heterocycles. The average Bonchev–Trinajstić information content (AvgIpc) is 2.50. The van der Waals surface area contributed by atoms with Gasteiger partial charge in [0.25, 0.3) is 0 Å². The maximum atomic E-state index is 9.67. The quantitative estimate of drug-likeness (QED) is 0.413. The summed E-state index contributed by atoms with van der Waals surface area (Å²) in [4.78, 5) is 0. The molecule has 0 spiro atoms. The van der Waals surface area contributed by atoms with Crippen LogP contribution < -0.4 is 4.70 Å². The van der Waals surface area contributed by atoms with Gasteiger partial charge in [0.1, 0.15) is 25.6 Å². The van der Waals surface area contributed by atoms with Crippen molar-refractivity contribution < 1.29 is 27.0 Å². The minimum Gasteiger partial charge on any atom is -1.00 e. The Bertz CT molecular complexity index is 681. The SMILES string of the molecule is CC1=CC(=CC=CC=C2C=CC(=[N+](C)C)C=C2)C=C(C)O1.FB(F)F.[F-]. The third-order valence-electron chi connectivity index (χ3n) is 3.16. The van der Waals surface area contributed by atoms with Crippen molar-refractivity contribution in [3.63, 3.8) is 0 Å². The van der Waals surface area contributed by atoms with Crippen molar-refractivity contribution in [2.45, 2.75) is 13.8 Å². The van der Waals surface area contributed by atoms with E-state index >= 15 is 0 Å². The molecule has 7 heteroatoms. The lowest BCUT2D eigenvalue weighted by molar-refractivity contribution is -0.462. The highest BCUT2D eigenvalue weighted by Crippen LogP contribution is 2.18. The molecule has 0 aromatic carbocycles. The van der Waals surface area contributed by atoms with Gasteiger partial charge in [-0.15, -0.1) is 0 Å². The summed E-state index contributed by atoms with van der Waals surface area (Å²) in [6.07, 6.45) is 20.8. The minimum absolute atomic E-state index is 0. The van der Waals surface area contributed by atoms with Crippen LogP contribution in [0.5, 0.6) is 0 Å². The lowest BCUT2D eigenvalue weighted by Crippen LogP contribution is -3.00. The number of nitrogens with zero attached hydrogens (tertiary/aromatic N) is 1. The number of hydrogen-bond donors (Lipinski definition) is 0. The van der Waals surface area contributed by atoms with Crippen LogP contribution in [0.2, 0.25) is 0 Å². The maximum absolute atomic E-state index is 9.67. The molecule has 1 aliphatic heterocycles. The van der Waals surface area contributed by atoms with Gasteiger partial charge < -0.3 is 9.44 Å².